The Morgan fingerprint density at radius 2 is 1.71 bits per heavy atom. The van der Waals surface area contributed by atoms with E-state index in [4.69, 9.17) is 9.26 Å². The summed E-state index contributed by atoms with van der Waals surface area (Å²) >= 11 is 0. The first-order chi connectivity index (χ1) is 16.5. The van der Waals surface area contributed by atoms with Gasteiger partial charge in [0, 0.05) is 50.9 Å². The molecule has 0 unspecified atom stereocenters. The van der Waals surface area contributed by atoms with Crippen molar-refractivity contribution in [1.29, 1.82) is 0 Å². The number of carbonyl (C=O) groups excluding carboxylic acids is 1. The van der Waals surface area contributed by atoms with Gasteiger partial charge in [0.25, 0.3) is 0 Å². The Balaban J connectivity index is 1.15. The minimum absolute atomic E-state index is 0.106. The molecule has 2 amide bonds. The average molecular weight is 464 g/mol. The van der Waals surface area contributed by atoms with Gasteiger partial charge < -0.3 is 14.2 Å². The van der Waals surface area contributed by atoms with Crippen LogP contribution in [0.15, 0.2) is 71.3 Å². The number of nitrogens with zero attached hydrogens (tertiary/aromatic N) is 3. The Bertz CT molecular complexity index is 1300. The van der Waals surface area contributed by atoms with E-state index in [1.54, 1.807) is 17.0 Å². The molecule has 4 aromatic rings. The van der Waals surface area contributed by atoms with Crippen LogP contribution in [0.5, 0.6) is 11.5 Å². The highest BCUT2D eigenvalue weighted by atomic mass is 19.1. The van der Waals surface area contributed by atoms with E-state index < -0.39 is 11.6 Å². The van der Waals surface area contributed by atoms with Gasteiger partial charge in [-0.3, -0.25) is 10.2 Å². The van der Waals surface area contributed by atoms with Crippen LogP contribution in [-0.4, -0.2) is 47.2 Å². The van der Waals surface area contributed by atoms with Gasteiger partial charge in [0.1, 0.15) is 23.1 Å². The molecule has 1 aliphatic rings. The molecule has 2 heterocycles. The number of fused-ring (bicyclic) bond motifs is 1. The van der Waals surface area contributed by atoms with Crippen molar-refractivity contribution in [3.05, 3.63) is 83.9 Å². The number of nitrogens with one attached hydrogen (secondary N) is 1. The number of rotatable bonds is 5. The number of aromatic nitrogens is 1. The van der Waals surface area contributed by atoms with Crippen molar-refractivity contribution in [2.75, 3.05) is 31.5 Å². The van der Waals surface area contributed by atoms with Crippen LogP contribution in [0.25, 0.3) is 11.0 Å². The van der Waals surface area contributed by atoms with Gasteiger partial charge in [-0.25, -0.2) is 13.6 Å². The Hall–Kier alpha value is -3.98. The van der Waals surface area contributed by atoms with E-state index in [9.17, 15) is 13.6 Å². The fourth-order valence-electron chi connectivity index (χ4n) is 3.95. The molecule has 3 aromatic carbocycles. The first-order valence-corrected chi connectivity index (χ1v) is 10.9. The maximum absolute atomic E-state index is 13.4. The molecule has 1 aromatic heterocycles. The minimum atomic E-state index is -0.690. The van der Waals surface area contributed by atoms with Gasteiger partial charge in [-0.15, -0.1) is 0 Å². The molecule has 1 aliphatic heterocycles. The number of amides is 2. The summed E-state index contributed by atoms with van der Waals surface area (Å²) in [7, 11) is 0. The first kappa shape index (κ1) is 21.8. The van der Waals surface area contributed by atoms with E-state index in [1.807, 2.05) is 36.4 Å². The van der Waals surface area contributed by atoms with Crippen LogP contribution >= 0.6 is 0 Å². The number of hydrogen-bond donors (Lipinski definition) is 1. The van der Waals surface area contributed by atoms with E-state index >= 15 is 0 Å². The second-order valence-electron chi connectivity index (χ2n) is 8.08. The van der Waals surface area contributed by atoms with Crippen molar-refractivity contribution < 1.29 is 22.8 Å². The zero-order chi connectivity index (χ0) is 23.5. The standard InChI is InChI=1S/C25H22F2N4O3/c26-18-13-19(27)15-21(14-18)33-20-5-3-4-17(12-20)16-30-8-10-31(11-9-30)25(32)28-24-22-6-1-2-7-23(22)34-29-24/h1-7,12-15H,8-11,16H2,(H,28,29,32). The van der Waals surface area contributed by atoms with Crippen LogP contribution in [0.1, 0.15) is 5.56 Å². The van der Waals surface area contributed by atoms with E-state index in [0.29, 0.717) is 49.9 Å². The van der Waals surface area contributed by atoms with Gasteiger partial charge >= 0.3 is 6.03 Å². The van der Waals surface area contributed by atoms with E-state index in [2.05, 4.69) is 15.4 Å². The summed E-state index contributed by atoms with van der Waals surface area (Å²) in [6.07, 6.45) is 0. The van der Waals surface area contributed by atoms with Crippen LogP contribution < -0.4 is 10.1 Å². The largest absolute Gasteiger partial charge is 0.457 e. The van der Waals surface area contributed by atoms with Crippen molar-refractivity contribution in [3.63, 3.8) is 0 Å². The summed E-state index contributed by atoms with van der Waals surface area (Å²) < 4.78 is 37.7. The van der Waals surface area contributed by atoms with Gasteiger partial charge in [-0.1, -0.05) is 29.4 Å². The number of hydrogen-bond acceptors (Lipinski definition) is 5. The van der Waals surface area contributed by atoms with Gasteiger partial charge in [0.2, 0.25) is 0 Å². The lowest BCUT2D eigenvalue weighted by molar-refractivity contribution is 0.143. The van der Waals surface area contributed by atoms with Crippen LogP contribution in [0.3, 0.4) is 0 Å². The number of anilines is 1. The SMILES string of the molecule is O=C(Nc1noc2ccccc12)N1CCN(Cc2cccc(Oc3cc(F)cc(F)c3)c2)CC1. The van der Waals surface area contributed by atoms with E-state index in [-0.39, 0.29) is 11.8 Å². The van der Waals surface area contributed by atoms with Gasteiger partial charge in [-0.05, 0) is 29.8 Å². The summed E-state index contributed by atoms with van der Waals surface area (Å²) in [6, 6.07) is 17.6. The highest BCUT2D eigenvalue weighted by Crippen LogP contribution is 2.25. The molecule has 5 rings (SSSR count). The number of piperazine rings is 1. The summed E-state index contributed by atoms with van der Waals surface area (Å²) in [4.78, 5) is 16.7. The molecule has 0 radical (unpaired) electrons. The van der Waals surface area contributed by atoms with Crippen molar-refractivity contribution in [3.8, 4) is 11.5 Å². The van der Waals surface area contributed by atoms with E-state index in [0.717, 1.165) is 29.1 Å². The summed E-state index contributed by atoms with van der Waals surface area (Å²) in [5, 5.41) is 7.54. The normalized spacial score (nSPS) is 14.4. The maximum atomic E-state index is 13.4. The number of ether oxygens (including phenoxy) is 1. The zero-order valence-electron chi connectivity index (χ0n) is 18.2. The Labute approximate surface area is 194 Å². The number of benzene rings is 3. The predicted molar refractivity (Wildman–Crippen MR) is 123 cm³/mol. The lowest BCUT2D eigenvalue weighted by atomic mass is 10.2. The average Bonchev–Trinajstić information content (AvgIpc) is 3.22. The van der Waals surface area contributed by atoms with Gasteiger partial charge in [0.15, 0.2) is 11.4 Å². The quantitative estimate of drug-likeness (QED) is 0.437. The summed E-state index contributed by atoms with van der Waals surface area (Å²) in [5.74, 6) is -0.359. The Morgan fingerprint density at radius 1 is 0.941 bits per heavy atom. The molecule has 0 atom stereocenters. The second-order valence-corrected chi connectivity index (χ2v) is 8.08. The van der Waals surface area contributed by atoms with Crippen LogP contribution in [0.4, 0.5) is 19.4 Å². The summed E-state index contributed by atoms with van der Waals surface area (Å²) in [6.45, 7) is 3.21. The maximum Gasteiger partial charge on any atom is 0.323 e. The molecule has 1 fully saturated rings. The highest BCUT2D eigenvalue weighted by Gasteiger charge is 2.22. The Morgan fingerprint density at radius 3 is 2.50 bits per heavy atom. The number of carbonyl (C=O) groups is 1. The van der Waals surface area contributed by atoms with Crippen molar-refractivity contribution >= 4 is 22.8 Å². The smallest absolute Gasteiger partial charge is 0.323 e. The topological polar surface area (TPSA) is 70.8 Å². The fourth-order valence-corrected chi connectivity index (χ4v) is 3.95. The molecular weight excluding hydrogens is 442 g/mol. The zero-order valence-corrected chi connectivity index (χ0v) is 18.2. The van der Waals surface area contributed by atoms with Crippen molar-refractivity contribution in [1.82, 2.24) is 15.0 Å². The summed E-state index contributed by atoms with van der Waals surface area (Å²) in [5.41, 5.74) is 1.62. The third kappa shape index (κ3) is 4.99. The predicted octanol–water partition coefficient (Wildman–Crippen LogP) is 5.25. The van der Waals surface area contributed by atoms with Crippen LogP contribution in [0, 0.1) is 11.6 Å². The second kappa shape index (κ2) is 9.48. The minimum Gasteiger partial charge on any atom is -0.457 e. The van der Waals surface area contributed by atoms with Crippen LogP contribution in [0.2, 0.25) is 0 Å². The molecular formula is C25H22F2N4O3. The molecule has 174 valence electrons. The number of para-hydroxylation sites is 1. The number of halogens is 2. The molecule has 0 bridgehead atoms. The third-order valence-electron chi connectivity index (χ3n) is 5.64. The third-order valence-corrected chi connectivity index (χ3v) is 5.64. The molecule has 34 heavy (non-hydrogen) atoms. The molecule has 9 heteroatoms. The molecule has 0 spiro atoms. The lowest BCUT2D eigenvalue weighted by Crippen LogP contribution is -2.49. The first-order valence-electron chi connectivity index (χ1n) is 10.9. The fraction of sp³-hybridized carbons (Fsp3) is 0.200. The monoisotopic (exact) mass is 464 g/mol. The van der Waals surface area contributed by atoms with Gasteiger partial charge in [-0.2, -0.15) is 0 Å². The lowest BCUT2D eigenvalue weighted by Gasteiger charge is -2.34. The van der Waals surface area contributed by atoms with Crippen LogP contribution in [-0.2, 0) is 6.54 Å². The van der Waals surface area contributed by atoms with Crippen molar-refractivity contribution in [2.24, 2.45) is 0 Å². The molecule has 1 N–H and O–H groups in total. The molecule has 0 aliphatic carbocycles. The molecule has 1 saturated heterocycles. The highest BCUT2D eigenvalue weighted by molar-refractivity contribution is 5.98. The Kier molecular flexibility index (Phi) is 6.09. The van der Waals surface area contributed by atoms with E-state index in [1.165, 1.54) is 0 Å². The molecule has 0 saturated carbocycles. The molecule has 7 nitrogen and oxygen atoms in total. The van der Waals surface area contributed by atoms with Crippen molar-refractivity contribution in [2.45, 2.75) is 6.54 Å². The number of urea groups is 1. The van der Waals surface area contributed by atoms with Gasteiger partial charge in [0.05, 0.1) is 5.39 Å².